The zero-order valence-corrected chi connectivity index (χ0v) is 14.8. The molecule has 2 amide bonds. The summed E-state index contributed by atoms with van der Waals surface area (Å²) in [5.74, 6) is 0.269. The highest BCUT2D eigenvalue weighted by atomic mass is 16.6. The van der Waals surface area contributed by atoms with Crippen LogP contribution < -0.4 is 5.32 Å². The van der Waals surface area contributed by atoms with E-state index in [1.807, 2.05) is 20.8 Å². The minimum Gasteiger partial charge on any atom is -0.444 e. The molecular weight excluding hydrogens is 294 g/mol. The van der Waals surface area contributed by atoms with Gasteiger partial charge in [0, 0.05) is 6.04 Å². The molecule has 1 N–H and O–H groups in total. The van der Waals surface area contributed by atoms with E-state index in [1.54, 1.807) is 25.7 Å². The Morgan fingerprint density at radius 2 is 1.83 bits per heavy atom. The van der Waals surface area contributed by atoms with Crippen LogP contribution in [0.1, 0.15) is 54.4 Å². The maximum Gasteiger partial charge on any atom is 0.408 e. The summed E-state index contributed by atoms with van der Waals surface area (Å²) < 4.78 is 5.28. The van der Waals surface area contributed by atoms with Crippen LogP contribution >= 0.6 is 0 Å². The highest BCUT2D eigenvalue weighted by Gasteiger charge is 2.56. The monoisotopic (exact) mass is 321 g/mol. The van der Waals surface area contributed by atoms with Gasteiger partial charge in [0.15, 0.2) is 0 Å². The number of alkyl carbamates (subject to hydrolysis) is 1. The Balaban J connectivity index is 2.14. The standard InChI is InChI=1S/C17H27N3O3/c1-16(2,3)13(19-15(22)23-17(4,5)6)14(21)20-11(9-18)7-10-8-12(10)20/h10-13H,7-8H2,1-6H3,(H,19,22)/t10-,11+,12+,13-/m1/s1. The molecule has 1 saturated heterocycles. The minimum absolute atomic E-state index is 0.164. The number of rotatable bonds is 2. The topological polar surface area (TPSA) is 82.4 Å². The molecule has 0 aromatic rings. The van der Waals surface area contributed by atoms with Gasteiger partial charge in [0.2, 0.25) is 5.91 Å². The van der Waals surface area contributed by atoms with Crippen molar-refractivity contribution in [1.82, 2.24) is 10.2 Å². The molecule has 1 aliphatic heterocycles. The molecule has 1 aliphatic carbocycles. The van der Waals surface area contributed by atoms with Crippen molar-refractivity contribution in [2.45, 2.75) is 78.1 Å². The molecule has 0 unspecified atom stereocenters. The molecule has 4 atom stereocenters. The molecular formula is C17H27N3O3. The lowest BCUT2D eigenvalue weighted by Gasteiger charge is -2.35. The van der Waals surface area contributed by atoms with Crippen molar-refractivity contribution in [1.29, 1.82) is 5.26 Å². The molecule has 2 fully saturated rings. The Kier molecular flexibility index (Phi) is 4.36. The van der Waals surface area contributed by atoms with Crippen LogP contribution in [0.4, 0.5) is 4.79 Å². The van der Waals surface area contributed by atoms with Crippen molar-refractivity contribution in [2.75, 3.05) is 0 Å². The van der Waals surface area contributed by atoms with Gasteiger partial charge in [-0.2, -0.15) is 5.26 Å². The number of ether oxygens (including phenoxy) is 1. The highest BCUT2D eigenvalue weighted by Crippen LogP contribution is 2.48. The molecule has 0 aromatic carbocycles. The average Bonchev–Trinajstić information content (AvgIpc) is 3.03. The number of carbonyl (C=O) groups is 2. The third kappa shape index (κ3) is 3.95. The largest absolute Gasteiger partial charge is 0.444 e. The molecule has 6 nitrogen and oxygen atoms in total. The first-order valence-corrected chi connectivity index (χ1v) is 8.15. The Hall–Kier alpha value is -1.77. The maximum atomic E-state index is 13.0. The molecule has 23 heavy (non-hydrogen) atoms. The summed E-state index contributed by atoms with van der Waals surface area (Å²) in [6.07, 6.45) is 1.11. The molecule has 0 spiro atoms. The number of carbonyl (C=O) groups excluding carboxylic acids is 2. The average molecular weight is 321 g/mol. The Labute approximate surface area is 138 Å². The van der Waals surface area contributed by atoms with Crippen LogP contribution in [-0.2, 0) is 9.53 Å². The number of likely N-dealkylation sites (tertiary alicyclic amines) is 1. The fourth-order valence-corrected chi connectivity index (χ4v) is 3.11. The molecule has 2 aliphatic rings. The molecule has 1 saturated carbocycles. The van der Waals surface area contributed by atoms with E-state index in [4.69, 9.17) is 4.74 Å². The first-order chi connectivity index (χ1) is 10.4. The van der Waals surface area contributed by atoms with Crippen LogP contribution in [0.2, 0.25) is 0 Å². The van der Waals surface area contributed by atoms with E-state index in [-0.39, 0.29) is 18.0 Å². The van der Waals surface area contributed by atoms with Gasteiger partial charge in [-0.3, -0.25) is 4.79 Å². The third-order valence-corrected chi connectivity index (χ3v) is 4.28. The molecule has 0 bridgehead atoms. The van der Waals surface area contributed by atoms with Gasteiger partial charge in [-0.05, 0) is 44.9 Å². The van der Waals surface area contributed by atoms with Gasteiger partial charge in [0.25, 0.3) is 0 Å². The number of piperidine rings is 1. The summed E-state index contributed by atoms with van der Waals surface area (Å²) >= 11 is 0. The lowest BCUT2D eigenvalue weighted by molar-refractivity contribution is -0.137. The molecule has 6 heteroatoms. The number of fused-ring (bicyclic) bond motifs is 1. The van der Waals surface area contributed by atoms with Crippen molar-refractivity contribution < 1.29 is 14.3 Å². The van der Waals surface area contributed by atoms with E-state index in [2.05, 4.69) is 11.4 Å². The van der Waals surface area contributed by atoms with Gasteiger partial charge >= 0.3 is 6.09 Å². The predicted molar refractivity (Wildman–Crippen MR) is 85.4 cm³/mol. The lowest BCUT2D eigenvalue weighted by Crippen LogP contribution is -2.57. The smallest absolute Gasteiger partial charge is 0.408 e. The number of hydrogen-bond acceptors (Lipinski definition) is 4. The van der Waals surface area contributed by atoms with Crippen molar-refractivity contribution >= 4 is 12.0 Å². The maximum absolute atomic E-state index is 13.0. The summed E-state index contributed by atoms with van der Waals surface area (Å²) in [7, 11) is 0. The minimum atomic E-state index is -0.715. The zero-order chi connectivity index (χ0) is 17.6. The van der Waals surface area contributed by atoms with Crippen LogP contribution in [0.3, 0.4) is 0 Å². The fraction of sp³-hybridized carbons (Fsp3) is 0.824. The van der Waals surface area contributed by atoms with E-state index in [0.717, 1.165) is 12.8 Å². The summed E-state index contributed by atoms with van der Waals surface area (Å²) in [5, 5.41) is 12.0. The first kappa shape index (κ1) is 17.6. The first-order valence-electron chi connectivity index (χ1n) is 8.15. The second kappa shape index (κ2) is 5.70. The number of amides is 2. The molecule has 0 aromatic heterocycles. The van der Waals surface area contributed by atoms with E-state index in [1.165, 1.54) is 0 Å². The summed E-state index contributed by atoms with van der Waals surface area (Å²) in [6, 6.07) is 1.29. The van der Waals surface area contributed by atoms with Crippen LogP contribution in [0.5, 0.6) is 0 Å². The van der Waals surface area contributed by atoms with Gasteiger partial charge in [0.05, 0.1) is 6.07 Å². The fourth-order valence-electron chi connectivity index (χ4n) is 3.11. The zero-order valence-electron chi connectivity index (χ0n) is 14.8. The van der Waals surface area contributed by atoms with Gasteiger partial charge < -0.3 is 15.0 Å². The SMILES string of the molecule is CC(C)(C)OC(=O)N[C@H](C(=O)N1[C@H](C#N)C[C@@H]2C[C@@H]21)C(C)(C)C. The highest BCUT2D eigenvalue weighted by molar-refractivity contribution is 5.88. The number of hydrogen-bond donors (Lipinski definition) is 1. The second-order valence-electron chi connectivity index (χ2n) is 8.63. The van der Waals surface area contributed by atoms with Gasteiger partial charge in [-0.15, -0.1) is 0 Å². The summed E-state index contributed by atoms with van der Waals surface area (Å²) in [6.45, 7) is 11.0. The molecule has 2 rings (SSSR count). The van der Waals surface area contributed by atoms with Gasteiger partial charge in [-0.25, -0.2) is 4.79 Å². The van der Waals surface area contributed by atoms with Crippen LogP contribution in [0, 0.1) is 22.7 Å². The van der Waals surface area contributed by atoms with Crippen LogP contribution in [-0.4, -0.2) is 40.6 Å². The molecule has 1 heterocycles. The normalized spacial score (nSPS) is 27.7. The predicted octanol–water partition coefficient (Wildman–Crippen LogP) is 2.44. The Bertz CT molecular complexity index is 539. The number of nitrogens with zero attached hydrogens (tertiary/aromatic N) is 2. The van der Waals surface area contributed by atoms with Crippen LogP contribution in [0.25, 0.3) is 0 Å². The second-order valence-corrected chi connectivity index (χ2v) is 8.63. The quantitative estimate of drug-likeness (QED) is 0.847. The van der Waals surface area contributed by atoms with E-state index in [9.17, 15) is 14.9 Å². The summed E-state index contributed by atoms with van der Waals surface area (Å²) in [5.41, 5.74) is -1.10. The van der Waals surface area contributed by atoms with Crippen LogP contribution in [0.15, 0.2) is 0 Å². The molecule has 128 valence electrons. The van der Waals surface area contributed by atoms with E-state index >= 15 is 0 Å². The lowest BCUT2D eigenvalue weighted by atomic mass is 9.85. The Morgan fingerprint density at radius 3 is 2.30 bits per heavy atom. The molecule has 0 radical (unpaired) electrons. The van der Waals surface area contributed by atoms with Crippen molar-refractivity contribution in [3.8, 4) is 6.07 Å². The third-order valence-electron chi connectivity index (χ3n) is 4.28. The summed E-state index contributed by atoms with van der Waals surface area (Å²) in [4.78, 5) is 26.8. The van der Waals surface area contributed by atoms with E-state index < -0.39 is 23.2 Å². The van der Waals surface area contributed by atoms with E-state index in [0.29, 0.717) is 5.92 Å². The number of nitriles is 1. The van der Waals surface area contributed by atoms with Gasteiger partial charge in [0.1, 0.15) is 17.7 Å². The van der Waals surface area contributed by atoms with Crippen molar-refractivity contribution in [2.24, 2.45) is 11.3 Å². The number of nitrogens with one attached hydrogen (secondary N) is 1. The Morgan fingerprint density at radius 1 is 1.22 bits per heavy atom. The van der Waals surface area contributed by atoms with Crippen molar-refractivity contribution in [3.63, 3.8) is 0 Å². The van der Waals surface area contributed by atoms with Gasteiger partial charge in [-0.1, -0.05) is 20.8 Å². The van der Waals surface area contributed by atoms with Crippen molar-refractivity contribution in [3.05, 3.63) is 0 Å².